The number of carboxylic acid groups (broad SMARTS) is 1. The van der Waals surface area contributed by atoms with Crippen LogP contribution in [-0.2, 0) is 11.8 Å². The van der Waals surface area contributed by atoms with E-state index in [9.17, 15) is 9.59 Å². The number of amides is 2. The Morgan fingerprint density at radius 2 is 2.26 bits per heavy atom. The fourth-order valence-electron chi connectivity index (χ4n) is 1.48. The maximum absolute atomic E-state index is 11.8. The molecule has 0 unspecified atom stereocenters. The highest BCUT2D eigenvalue weighted by Gasteiger charge is 2.12. The lowest BCUT2D eigenvalue weighted by molar-refractivity contribution is -0.137. The van der Waals surface area contributed by atoms with Gasteiger partial charge in [0, 0.05) is 33.1 Å². The number of carbonyl (C=O) groups excluding carboxylic acids is 1. The lowest BCUT2D eigenvalue weighted by Gasteiger charge is -2.16. The number of aliphatic carboxylic acids is 1. The molecule has 0 aliphatic heterocycles. The number of nitrogens with zero attached hydrogens (tertiary/aromatic N) is 3. The van der Waals surface area contributed by atoms with E-state index in [0.29, 0.717) is 24.7 Å². The number of carboxylic acids is 1. The van der Waals surface area contributed by atoms with E-state index in [-0.39, 0.29) is 12.5 Å². The van der Waals surface area contributed by atoms with Crippen LogP contribution in [0.4, 0.5) is 10.6 Å². The summed E-state index contributed by atoms with van der Waals surface area (Å²) in [5, 5.41) is 15.2. The molecule has 0 saturated heterocycles. The number of nitrogens with one attached hydrogen (secondary N) is 1. The van der Waals surface area contributed by atoms with Gasteiger partial charge >= 0.3 is 12.0 Å². The molecule has 2 amide bonds. The monoisotopic (exact) mass is 270 g/mol. The van der Waals surface area contributed by atoms with Crippen molar-refractivity contribution in [3.63, 3.8) is 0 Å². The summed E-state index contributed by atoms with van der Waals surface area (Å²) in [6.07, 6.45) is 0.444. The average Bonchev–Trinajstić information content (AvgIpc) is 2.68. The van der Waals surface area contributed by atoms with E-state index >= 15 is 0 Å². The summed E-state index contributed by atoms with van der Waals surface area (Å²) in [7, 11) is 4.81. The van der Waals surface area contributed by atoms with Gasteiger partial charge in [-0.15, -0.1) is 0 Å². The van der Waals surface area contributed by atoms with Crippen molar-refractivity contribution in [2.45, 2.75) is 12.8 Å². The van der Waals surface area contributed by atoms with Crippen LogP contribution in [0.1, 0.15) is 12.8 Å². The minimum Gasteiger partial charge on any atom is -0.481 e. The molecule has 1 heterocycles. The van der Waals surface area contributed by atoms with Gasteiger partial charge in [0.2, 0.25) is 5.88 Å². The molecule has 0 aliphatic carbocycles. The van der Waals surface area contributed by atoms with E-state index in [4.69, 9.17) is 9.84 Å². The fourth-order valence-corrected chi connectivity index (χ4v) is 1.48. The molecule has 106 valence electrons. The van der Waals surface area contributed by atoms with Gasteiger partial charge in [0.05, 0.1) is 7.11 Å². The van der Waals surface area contributed by atoms with Crippen LogP contribution in [0, 0.1) is 0 Å². The Morgan fingerprint density at radius 1 is 1.58 bits per heavy atom. The quantitative estimate of drug-likeness (QED) is 0.795. The summed E-state index contributed by atoms with van der Waals surface area (Å²) in [6, 6.07) is 1.26. The minimum absolute atomic E-state index is 0.0367. The molecule has 0 spiro atoms. The predicted molar refractivity (Wildman–Crippen MR) is 68.3 cm³/mol. The van der Waals surface area contributed by atoms with Gasteiger partial charge in [0.1, 0.15) is 0 Å². The summed E-state index contributed by atoms with van der Waals surface area (Å²) < 4.78 is 6.53. The van der Waals surface area contributed by atoms with Gasteiger partial charge < -0.3 is 14.7 Å². The summed E-state index contributed by atoms with van der Waals surface area (Å²) in [4.78, 5) is 23.6. The number of urea groups is 1. The van der Waals surface area contributed by atoms with Crippen LogP contribution in [0.5, 0.6) is 5.88 Å². The molecule has 1 rings (SSSR count). The van der Waals surface area contributed by atoms with Gasteiger partial charge in [-0.3, -0.25) is 10.1 Å². The minimum atomic E-state index is -0.872. The van der Waals surface area contributed by atoms with Crippen molar-refractivity contribution >= 4 is 17.8 Å². The number of rotatable bonds is 6. The van der Waals surface area contributed by atoms with E-state index < -0.39 is 5.97 Å². The van der Waals surface area contributed by atoms with Gasteiger partial charge in [-0.2, -0.15) is 5.10 Å². The molecule has 0 aliphatic rings. The normalized spacial score (nSPS) is 10.1. The standard InChI is InChI=1S/C11H18N4O4/c1-14(6-4-5-10(16)17)11(18)12-8-7-9(19-3)15(2)13-8/h7H,4-6H2,1-3H3,(H,16,17)(H,12,13,18). The number of aryl methyl sites for hydroxylation is 1. The fraction of sp³-hybridized carbons (Fsp3) is 0.545. The van der Waals surface area contributed by atoms with Gasteiger partial charge in [-0.1, -0.05) is 0 Å². The Kier molecular flexibility index (Phi) is 5.16. The summed E-state index contributed by atoms with van der Waals surface area (Å²) in [5.41, 5.74) is 0. The third kappa shape index (κ3) is 4.49. The van der Waals surface area contributed by atoms with Gasteiger partial charge in [0.25, 0.3) is 0 Å². The second-order valence-electron chi connectivity index (χ2n) is 4.04. The van der Waals surface area contributed by atoms with E-state index in [0.717, 1.165) is 0 Å². The molecule has 1 aromatic rings. The van der Waals surface area contributed by atoms with Crippen LogP contribution in [0.15, 0.2) is 6.07 Å². The lowest BCUT2D eigenvalue weighted by Crippen LogP contribution is -2.32. The number of hydrogen-bond donors (Lipinski definition) is 2. The molecule has 0 atom stereocenters. The molecule has 0 radical (unpaired) electrons. The molecule has 1 aromatic heterocycles. The maximum atomic E-state index is 11.8. The summed E-state index contributed by atoms with van der Waals surface area (Å²) in [6.45, 7) is 0.363. The highest BCUT2D eigenvalue weighted by molar-refractivity contribution is 5.88. The number of ether oxygens (including phenoxy) is 1. The van der Waals surface area contributed by atoms with Crippen molar-refractivity contribution in [3.05, 3.63) is 6.07 Å². The van der Waals surface area contributed by atoms with Crippen LogP contribution in [0.2, 0.25) is 0 Å². The number of aromatic nitrogens is 2. The molecule has 19 heavy (non-hydrogen) atoms. The molecule has 8 heteroatoms. The van der Waals surface area contributed by atoms with Crippen molar-refractivity contribution in [3.8, 4) is 5.88 Å². The molecule has 2 N–H and O–H groups in total. The first-order chi connectivity index (χ1) is 8.93. The SMILES string of the molecule is COc1cc(NC(=O)N(C)CCCC(=O)O)nn1C. The Bertz CT molecular complexity index is 458. The van der Waals surface area contributed by atoms with Crippen LogP contribution < -0.4 is 10.1 Å². The van der Waals surface area contributed by atoms with Crippen molar-refractivity contribution < 1.29 is 19.4 Å². The van der Waals surface area contributed by atoms with E-state index in [1.165, 1.54) is 16.7 Å². The Balaban J connectivity index is 2.46. The first-order valence-electron chi connectivity index (χ1n) is 5.76. The third-order valence-corrected chi connectivity index (χ3v) is 2.51. The zero-order valence-electron chi connectivity index (χ0n) is 11.2. The van der Waals surface area contributed by atoms with Crippen molar-refractivity contribution in [2.24, 2.45) is 7.05 Å². The lowest BCUT2D eigenvalue weighted by atomic mass is 10.3. The maximum Gasteiger partial charge on any atom is 0.322 e. The molecule has 0 bridgehead atoms. The molecular formula is C11H18N4O4. The molecule has 0 saturated carbocycles. The molecule has 8 nitrogen and oxygen atoms in total. The summed E-state index contributed by atoms with van der Waals surface area (Å²) in [5.74, 6) is 0.0431. The number of anilines is 1. The predicted octanol–water partition coefficient (Wildman–Crippen LogP) is 0.757. The van der Waals surface area contributed by atoms with Crippen LogP contribution in [0.25, 0.3) is 0 Å². The first kappa shape index (κ1) is 14.8. The highest BCUT2D eigenvalue weighted by atomic mass is 16.5. The van der Waals surface area contributed by atoms with Crippen molar-refractivity contribution in [1.82, 2.24) is 14.7 Å². The van der Waals surface area contributed by atoms with Gasteiger partial charge in [-0.05, 0) is 6.42 Å². The van der Waals surface area contributed by atoms with Crippen LogP contribution in [-0.4, -0.2) is 52.5 Å². The largest absolute Gasteiger partial charge is 0.481 e. The first-order valence-corrected chi connectivity index (χ1v) is 5.76. The van der Waals surface area contributed by atoms with Crippen molar-refractivity contribution in [2.75, 3.05) is 26.0 Å². The van der Waals surface area contributed by atoms with Gasteiger partial charge in [-0.25, -0.2) is 9.48 Å². The molecule has 0 fully saturated rings. The molecule has 0 aromatic carbocycles. The van der Waals surface area contributed by atoms with E-state index in [2.05, 4.69) is 10.4 Å². The van der Waals surface area contributed by atoms with Gasteiger partial charge in [0.15, 0.2) is 5.82 Å². The average molecular weight is 270 g/mol. The summed E-state index contributed by atoms with van der Waals surface area (Å²) >= 11 is 0. The smallest absolute Gasteiger partial charge is 0.322 e. The van der Waals surface area contributed by atoms with Crippen LogP contribution in [0.3, 0.4) is 0 Å². The van der Waals surface area contributed by atoms with E-state index in [1.807, 2.05) is 0 Å². The number of hydrogen-bond acceptors (Lipinski definition) is 4. The zero-order valence-corrected chi connectivity index (χ0v) is 11.2. The van der Waals surface area contributed by atoms with E-state index in [1.54, 1.807) is 20.2 Å². The zero-order chi connectivity index (χ0) is 14.4. The number of methoxy groups -OCH3 is 1. The van der Waals surface area contributed by atoms with Crippen molar-refractivity contribution in [1.29, 1.82) is 0 Å². The van der Waals surface area contributed by atoms with Crippen LogP contribution >= 0.6 is 0 Å². The number of carbonyl (C=O) groups is 2. The molecular weight excluding hydrogens is 252 g/mol. The third-order valence-electron chi connectivity index (χ3n) is 2.51. The highest BCUT2D eigenvalue weighted by Crippen LogP contribution is 2.15. The second-order valence-corrected chi connectivity index (χ2v) is 4.04. The Labute approximate surface area is 110 Å². The Hall–Kier alpha value is -2.25. The Morgan fingerprint density at radius 3 is 2.79 bits per heavy atom. The topological polar surface area (TPSA) is 96.7 Å². The second kappa shape index (κ2) is 6.62.